The number of guanidine groups is 1. The van der Waals surface area contributed by atoms with Crippen molar-refractivity contribution in [2.45, 2.75) is 45.6 Å². The molecule has 0 amide bonds. The lowest BCUT2D eigenvalue weighted by atomic mass is 9.84. The number of benzene rings is 1. The van der Waals surface area contributed by atoms with Gasteiger partial charge in [0.25, 0.3) is 0 Å². The molecule has 0 heterocycles. The molecule has 19 heavy (non-hydrogen) atoms. The van der Waals surface area contributed by atoms with Crippen molar-refractivity contribution in [2.75, 3.05) is 6.54 Å². The van der Waals surface area contributed by atoms with Crippen LogP contribution in [0.3, 0.4) is 0 Å². The van der Waals surface area contributed by atoms with Crippen molar-refractivity contribution in [3.05, 3.63) is 35.6 Å². The topological polar surface area (TPSA) is 50.4 Å². The summed E-state index contributed by atoms with van der Waals surface area (Å²) in [6.45, 7) is 10.4. The van der Waals surface area contributed by atoms with Crippen LogP contribution in [0.4, 0.5) is 4.39 Å². The van der Waals surface area contributed by atoms with Gasteiger partial charge in [0.05, 0.1) is 6.54 Å². The summed E-state index contributed by atoms with van der Waals surface area (Å²) >= 11 is 0. The number of hydrogen-bond acceptors (Lipinski definition) is 1. The van der Waals surface area contributed by atoms with E-state index in [4.69, 9.17) is 5.73 Å². The quantitative estimate of drug-likeness (QED) is 0.652. The third-order valence-corrected chi connectivity index (χ3v) is 2.75. The number of halogens is 1. The standard InChI is InChI=1S/C15H24FN3/c1-14(2,3)19-13(17)18-10-15(4,5)11-8-6-7-9-12(11)16/h6-9H,10H2,1-5H3,(H3,17,18,19). The van der Waals surface area contributed by atoms with Crippen molar-refractivity contribution < 1.29 is 4.39 Å². The van der Waals surface area contributed by atoms with Crippen molar-refractivity contribution >= 4 is 5.96 Å². The van der Waals surface area contributed by atoms with Crippen LogP contribution in [0.15, 0.2) is 29.3 Å². The summed E-state index contributed by atoms with van der Waals surface area (Å²) in [5, 5.41) is 3.09. The van der Waals surface area contributed by atoms with Gasteiger partial charge in [0, 0.05) is 11.0 Å². The molecule has 0 aromatic heterocycles. The second-order valence-corrected chi connectivity index (χ2v) is 6.44. The lowest BCUT2D eigenvalue weighted by Gasteiger charge is -2.25. The summed E-state index contributed by atoms with van der Waals surface area (Å²) in [5.41, 5.74) is 5.96. The predicted octanol–water partition coefficient (Wildman–Crippen LogP) is 2.81. The smallest absolute Gasteiger partial charge is 0.189 e. The van der Waals surface area contributed by atoms with Crippen molar-refractivity contribution in [1.82, 2.24) is 5.32 Å². The number of aliphatic imine (C=N–C) groups is 1. The summed E-state index contributed by atoms with van der Waals surface area (Å²) in [5.74, 6) is 0.182. The Labute approximate surface area is 115 Å². The van der Waals surface area contributed by atoms with Gasteiger partial charge in [0.15, 0.2) is 5.96 Å². The van der Waals surface area contributed by atoms with Crippen LogP contribution in [-0.4, -0.2) is 18.0 Å². The minimum atomic E-state index is -0.393. The number of rotatable bonds is 3. The van der Waals surface area contributed by atoms with Gasteiger partial charge in [-0.3, -0.25) is 4.99 Å². The lowest BCUT2D eigenvalue weighted by molar-refractivity contribution is 0.484. The van der Waals surface area contributed by atoms with Gasteiger partial charge in [-0.05, 0) is 32.4 Å². The molecule has 0 radical (unpaired) electrons. The third kappa shape index (κ3) is 4.89. The fraction of sp³-hybridized carbons (Fsp3) is 0.533. The molecule has 4 heteroatoms. The van der Waals surface area contributed by atoms with E-state index < -0.39 is 5.41 Å². The molecule has 0 unspecified atom stereocenters. The lowest BCUT2D eigenvalue weighted by Crippen LogP contribution is -2.45. The van der Waals surface area contributed by atoms with Crippen LogP contribution in [0.25, 0.3) is 0 Å². The van der Waals surface area contributed by atoms with E-state index in [0.717, 1.165) is 0 Å². The highest BCUT2D eigenvalue weighted by molar-refractivity contribution is 5.78. The molecule has 1 rings (SSSR count). The fourth-order valence-corrected chi connectivity index (χ4v) is 1.80. The van der Waals surface area contributed by atoms with E-state index in [2.05, 4.69) is 10.3 Å². The molecule has 3 N–H and O–H groups in total. The molecule has 0 aliphatic heterocycles. The second kappa shape index (κ2) is 5.59. The number of nitrogens with zero attached hydrogens (tertiary/aromatic N) is 1. The Morgan fingerprint density at radius 2 is 1.79 bits per heavy atom. The van der Waals surface area contributed by atoms with Crippen molar-refractivity contribution in [3.8, 4) is 0 Å². The number of hydrogen-bond donors (Lipinski definition) is 2. The largest absolute Gasteiger partial charge is 0.370 e. The molecule has 106 valence electrons. The van der Waals surface area contributed by atoms with Crippen molar-refractivity contribution in [1.29, 1.82) is 0 Å². The van der Waals surface area contributed by atoms with Crippen LogP contribution in [0.1, 0.15) is 40.2 Å². The molecule has 0 spiro atoms. The Bertz CT molecular complexity index is 459. The van der Waals surface area contributed by atoms with E-state index in [1.54, 1.807) is 12.1 Å². The van der Waals surface area contributed by atoms with Gasteiger partial charge in [0.1, 0.15) is 5.82 Å². The Hall–Kier alpha value is -1.58. The molecule has 0 saturated heterocycles. The highest BCUT2D eigenvalue weighted by Gasteiger charge is 2.23. The molecule has 0 aliphatic rings. The summed E-state index contributed by atoms with van der Waals surface area (Å²) in [7, 11) is 0. The monoisotopic (exact) mass is 265 g/mol. The highest BCUT2D eigenvalue weighted by Crippen LogP contribution is 2.25. The Morgan fingerprint density at radius 1 is 1.21 bits per heavy atom. The van der Waals surface area contributed by atoms with E-state index >= 15 is 0 Å². The zero-order valence-electron chi connectivity index (χ0n) is 12.4. The third-order valence-electron chi connectivity index (χ3n) is 2.75. The van der Waals surface area contributed by atoms with E-state index in [1.165, 1.54) is 6.07 Å². The SMILES string of the molecule is CC(C)(C)NC(N)=NCC(C)(C)c1ccccc1F. The minimum Gasteiger partial charge on any atom is -0.370 e. The molecular weight excluding hydrogens is 241 g/mol. The Morgan fingerprint density at radius 3 is 2.32 bits per heavy atom. The summed E-state index contributed by atoms with van der Waals surface area (Å²) in [6, 6.07) is 6.78. The second-order valence-electron chi connectivity index (χ2n) is 6.44. The summed E-state index contributed by atoms with van der Waals surface area (Å²) in [6.07, 6.45) is 0. The zero-order valence-corrected chi connectivity index (χ0v) is 12.4. The molecule has 0 saturated carbocycles. The first kappa shape index (κ1) is 15.5. The van der Waals surface area contributed by atoms with Crippen LogP contribution in [0, 0.1) is 5.82 Å². The minimum absolute atomic E-state index is 0.129. The van der Waals surface area contributed by atoms with Crippen LogP contribution < -0.4 is 11.1 Å². The van der Waals surface area contributed by atoms with Crippen LogP contribution in [0.2, 0.25) is 0 Å². The van der Waals surface area contributed by atoms with Gasteiger partial charge in [-0.1, -0.05) is 32.0 Å². The first-order chi connectivity index (χ1) is 8.62. The average molecular weight is 265 g/mol. The molecule has 0 bridgehead atoms. The molecule has 1 aromatic carbocycles. The first-order valence-electron chi connectivity index (χ1n) is 6.45. The molecule has 3 nitrogen and oxygen atoms in total. The Kier molecular flexibility index (Phi) is 4.56. The molecule has 1 aromatic rings. The Balaban J connectivity index is 2.81. The number of nitrogens with one attached hydrogen (secondary N) is 1. The molecular formula is C15H24FN3. The molecule has 0 fully saturated rings. The van der Waals surface area contributed by atoms with Crippen LogP contribution in [0.5, 0.6) is 0 Å². The normalized spacial score (nSPS) is 13.5. The maximum Gasteiger partial charge on any atom is 0.189 e. The zero-order chi connectivity index (χ0) is 14.7. The first-order valence-corrected chi connectivity index (χ1v) is 6.45. The van der Waals surface area contributed by atoms with Gasteiger partial charge >= 0.3 is 0 Å². The summed E-state index contributed by atoms with van der Waals surface area (Å²) < 4.78 is 13.8. The maximum atomic E-state index is 13.8. The van der Waals surface area contributed by atoms with E-state index in [1.807, 2.05) is 40.7 Å². The van der Waals surface area contributed by atoms with Crippen molar-refractivity contribution in [2.24, 2.45) is 10.7 Å². The van der Waals surface area contributed by atoms with E-state index in [-0.39, 0.29) is 11.4 Å². The van der Waals surface area contributed by atoms with Gasteiger partial charge in [-0.15, -0.1) is 0 Å². The van der Waals surface area contributed by atoms with Crippen LogP contribution in [-0.2, 0) is 5.41 Å². The van der Waals surface area contributed by atoms with Crippen LogP contribution >= 0.6 is 0 Å². The predicted molar refractivity (Wildman–Crippen MR) is 78.8 cm³/mol. The fourth-order valence-electron chi connectivity index (χ4n) is 1.80. The number of nitrogens with two attached hydrogens (primary N) is 1. The van der Waals surface area contributed by atoms with E-state index in [9.17, 15) is 4.39 Å². The van der Waals surface area contributed by atoms with Gasteiger partial charge in [-0.25, -0.2) is 4.39 Å². The van der Waals surface area contributed by atoms with Gasteiger partial charge in [-0.2, -0.15) is 0 Å². The van der Waals surface area contributed by atoms with Gasteiger partial charge < -0.3 is 11.1 Å². The summed E-state index contributed by atoms with van der Waals surface area (Å²) in [4.78, 5) is 4.32. The highest BCUT2D eigenvalue weighted by atomic mass is 19.1. The van der Waals surface area contributed by atoms with E-state index in [0.29, 0.717) is 18.1 Å². The molecule has 0 aliphatic carbocycles. The average Bonchev–Trinajstić information content (AvgIpc) is 2.24. The molecule has 0 atom stereocenters. The van der Waals surface area contributed by atoms with Crippen molar-refractivity contribution in [3.63, 3.8) is 0 Å². The van der Waals surface area contributed by atoms with Gasteiger partial charge in [0.2, 0.25) is 0 Å². The maximum absolute atomic E-state index is 13.8.